The van der Waals surface area contributed by atoms with Crippen LogP contribution in [-0.4, -0.2) is 39.7 Å². The molecule has 1 amide bonds. The normalized spacial score (nSPS) is 11.2. The van der Waals surface area contributed by atoms with E-state index in [0.717, 1.165) is 24.3 Å². The van der Waals surface area contributed by atoms with Gasteiger partial charge in [-0.15, -0.1) is 0 Å². The maximum absolute atomic E-state index is 12.2. The van der Waals surface area contributed by atoms with Crippen LogP contribution in [0.15, 0.2) is 54.6 Å². The Morgan fingerprint density at radius 2 is 1.59 bits per heavy atom. The van der Waals surface area contributed by atoms with Crippen LogP contribution in [0.2, 0.25) is 0 Å². The van der Waals surface area contributed by atoms with Gasteiger partial charge in [0, 0.05) is 37.4 Å². The topological polar surface area (TPSA) is 78.5 Å². The smallest absolute Gasteiger partial charge is 0.251 e. The second-order valence-electron chi connectivity index (χ2n) is 6.10. The largest absolute Gasteiger partial charge is 0.372 e. The molecule has 0 saturated carbocycles. The number of hydrogen-bond acceptors (Lipinski definition) is 4. The van der Waals surface area contributed by atoms with Crippen molar-refractivity contribution in [2.24, 2.45) is 0 Å². The highest BCUT2D eigenvalue weighted by atomic mass is 32.2. The van der Waals surface area contributed by atoms with Gasteiger partial charge in [0.2, 0.25) is 10.0 Å². The lowest BCUT2D eigenvalue weighted by Gasteiger charge is -2.21. The second-order valence-corrected chi connectivity index (χ2v) is 8.03. The van der Waals surface area contributed by atoms with E-state index in [-0.39, 0.29) is 24.7 Å². The lowest BCUT2D eigenvalue weighted by atomic mass is 10.2. The molecule has 0 radical (unpaired) electrons. The summed E-state index contributed by atoms with van der Waals surface area (Å²) >= 11 is 0. The maximum Gasteiger partial charge on any atom is 0.251 e. The van der Waals surface area contributed by atoms with E-state index in [4.69, 9.17) is 0 Å². The van der Waals surface area contributed by atoms with Gasteiger partial charge < -0.3 is 10.2 Å². The SMILES string of the molecule is CCN(CC)c1ccc(C(=O)NCCS(=O)(=O)NCc2ccccc2)cc1. The van der Waals surface area contributed by atoms with Gasteiger partial charge in [-0.3, -0.25) is 4.79 Å². The molecule has 0 aromatic heterocycles. The zero-order valence-electron chi connectivity index (χ0n) is 15.8. The first-order valence-corrected chi connectivity index (χ1v) is 10.7. The van der Waals surface area contributed by atoms with Crippen LogP contribution in [0.25, 0.3) is 0 Å². The quantitative estimate of drug-likeness (QED) is 0.654. The van der Waals surface area contributed by atoms with Gasteiger partial charge in [0.15, 0.2) is 0 Å². The molecule has 2 aromatic rings. The maximum atomic E-state index is 12.2. The Bertz CT molecular complexity index is 817. The molecule has 0 saturated heterocycles. The lowest BCUT2D eigenvalue weighted by Crippen LogP contribution is -2.34. The van der Waals surface area contributed by atoms with Crippen LogP contribution in [0.1, 0.15) is 29.8 Å². The highest BCUT2D eigenvalue weighted by molar-refractivity contribution is 7.89. The molecule has 0 unspecified atom stereocenters. The number of hydrogen-bond donors (Lipinski definition) is 2. The third-order valence-corrected chi connectivity index (χ3v) is 5.58. The first-order valence-electron chi connectivity index (χ1n) is 9.09. The van der Waals surface area contributed by atoms with Gasteiger partial charge in [0.05, 0.1) is 5.75 Å². The van der Waals surface area contributed by atoms with Crippen molar-refractivity contribution in [3.05, 3.63) is 65.7 Å². The molecular weight excluding hydrogens is 362 g/mol. The van der Waals surface area contributed by atoms with Crippen molar-refractivity contribution < 1.29 is 13.2 Å². The predicted molar refractivity (Wildman–Crippen MR) is 109 cm³/mol. The number of sulfonamides is 1. The molecule has 2 aromatic carbocycles. The highest BCUT2D eigenvalue weighted by Gasteiger charge is 2.12. The molecule has 7 heteroatoms. The number of benzene rings is 2. The lowest BCUT2D eigenvalue weighted by molar-refractivity contribution is 0.0956. The van der Waals surface area contributed by atoms with Crippen molar-refractivity contribution in [3.63, 3.8) is 0 Å². The molecule has 0 heterocycles. The number of carbonyl (C=O) groups is 1. The number of carbonyl (C=O) groups excluding carboxylic acids is 1. The number of rotatable bonds is 10. The molecule has 2 rings (SSSR count). The first-order chi connectivity index (χ1) is 12.9. The van der Waals surface area contributed by atoms with Crippen molar-refractivity contribution in [2.75, 3.05) is 30.3 Å². The molecular formula is C20H27N3O3S. The van der Waals surface area contributed by atoms with Crippen molar-refractivity contribution in [3.8, 4) is 0 Å². The molecule has 146 valence electrons. The van der Waals surface area contributed by atoms with Crippen LogP contribution in [-0.2, 0) is 16.6 Å². The van der Waals surface area contributed by atoms with Crippen LogP contribution < -0.4 is 14.9 Å². The van der Waals surface area contributed by atoms with Gasteiger partial charge in [-0.2, -0.15) is 0 Å². The van der Waals surface area contributed by atoms with Crippen molar-refractivity contribution in [2.45, 2.75) is 20.4 Å². The van der Waals surface area contributed by atoms with Crippen LogP contribution >= 0.6 is 0 Å². The molecule has 0 aliphatic rings. The zero-order chi connectivity index (χ0) is 19.7. The van der Waals surface area contributed by atoms with Crippen LogP contribution in [0.3, 0.4) is 0 Å². The van der Waals surface area contributed by atoms with E-state index in [9.17, 15) is 13.2 Å². The van der Waals surface area contributed by atoms with Gasteiger partial charge >= 0.3 is 0 Å². The van der Waals surface area contributed by atoms with E-state index in [1.807, 2.05) is 42.5 Å². The molecule has 0 bridgehead atoms. The third kappa shape index (κ3) is 6.69. The average molecular weight is 390 g/mol. The summed E-state index contributed by atoms with van der Waals surface area (Å²) in [4.78, 5) is 14.4. The van der Waals surface area contributed by atoms with Gasteiger partial charge in [-0.1, -0.05) is 30.3 Å². The summed E-state index contributed by atoms with van der Waals surface area (Å²) in [6.45, 7) is 6.25. The fourth-order valence-electron chi connectivity index (χ4n) is 2.67. The molecule has 0 aliphatic heterocycles. The fraction of sp³-hybridized carbons (Fsp3) is 0.350. The molecule has 27 heavy (non-hydrogen) atoms. The van der Waals surface area contributed by atoms with Gasteiger partial charge in [-0.25, -0.2) is 13.1 Å². The van der Waals surface area contributed by atoms with E-state index < -0.39 is 10.0 Å². The second kappa shape index (κ2) is 10.1. The summed E-state index contributed by atoms with van der Waals surface area (Å²) in [7, 11) is -3.45. The number of nitrogens with zero attached hydrogens (tertiary/aromatic N) is 1. The monoisotopic (exact) mass is 389 g/mol. The number of anilines is 1. The van der Waals surface area contributed by atoms with Gasteiger partial charge in [0.1, 0.15) is 0 Å². The van der Waals surface area contributed by atoms with Gasteiger partial charge in [0.25, 0.3) is 5.91 Å². The Balaban J connectivity index is 1.81. The standard InChI is InChI=1S/C20H27N3O3S/c1-3-23(4-2)19-12-10-18(11-13-19)20(24)21-14-15-27(25,26)22-16-17-8-6-5-7-9-17/h5-13,22H,3-4,14-16H2,1-2H3,(H,21,24). The summed E-state index contributed by atoms with van der Waals surface area (Å²) in [5.41, 5.74) is 2.46. The Kier molecular flexibility index (Phi) is 7.82. The van der Waals surface area contributed by atoms with E-state index in [0.29, 0.717) is 5.56 Å². The van der Waals surface area contributed by atoms with E-state index in [1.165, 1.54) is 0 Å². The molecule has 0 fully saturated rings. The average Bonchev–Trinajstić information content (AvgIpc) is 2.68. The number of amides is 1. The summed E-state index contributed by atoms with van der Waals surface area (Å²) in [6, 6.07) is 16.6. The van der Waals surface area contributed by atoms with Crippen LogP contribution in [0.4, 0.5) is 5.69 Å². The zero-order valence-corrected chi connectivity index (χ0v) is 16.6. The van der Waals surface area contributed by atoms with E-state index >= 15 is 0 Å². The summed E-state index contributed by atoms with van der Waals surface area (Å²) in [5.74, 6) is -0.442. The minimum absolute atomic E-state index is 0.0563. The van der Waals surface area contributed by atoms with Crippen molar-refractivity contribution in [1.82, 2.24) is 10.0 Å². The molecule has 2 N–H and O–H groups in total. The Labute approximate surface area is 161 Å². The minimum Gasteiger partial charge on any atom is -0.372 e. The third-order valence-electron chi connectivity index (χ3n) is 4.25. The predicted octanol–water partition coefficient (Wildman–Crippen LogP) is 2.38. The Hall–Kier alpha value is -2.38. The number of nitrogens with one attached hydrogen (secondary N) is 2. The summed E-state index contributed by atoms with van der Waals surface area (Å²) in [6.07, 6.45) is 0. The highest BCUT2D eigenvalue weighted by Crippen LogP contribution is 2.14. The van der Waals surface area contributed by atoms with E-state index in [1.54, 1.807) is 12.1 Å². The minimum atomic E-state index is -3.45. The van der Waals surface area contributed by atoms with Crippen LogP contribution in [0.5, 0.6) is 0 Å². The first kappa shape index (κ1) is 20.9. The van der Waals surface area contributed by atoms with E-state index in [2.05, 4.69) is 28.8 Å². The molecule has 6 nitrogen and oxygen atoms in total. The summed E-state index contributed by atoms with van der Waals surface area (Å²) in [5, 5.41) is 2.66. The van der Waals surface area contributed by atoms with Gasteiger partial charge in [-0.05, 0) is 43.7 Å². The van der Waals surface area contributed by atoms with Crippen molar-refractivity contribution in [1.29, 1.82) is 0 Å². The van der Waals surface area contributed by atoms with Crippen LogP contribution in [0, 0.1) is 0 Å². The Morgan fingerprint density at radius 3 is 2.19 bits per heavy atom. The molecule has 0 aliphatic carbocycles. The summed E-state index contributed by atoms with van der Waals surface area (Å²) < 4.78 is 26.6. The van der Waals surface area contributed by atoms with Crippen molar-refractivity contribution >= 4 is 21.6 Å². The fourth-order valence-corrected chi connectivity index (χ4v) is 3.58. The Morgan fingerprint density at radius 1 is 0.963 bits per heavy atom. The molecule has 0 atom stereocenters. The molecule has 0 spiro atoms.